The second-order valence-electron chi connectivity index (χ2n) is 6.13. The maximum atomic E-state index is 10.5. The maximum absolute atomic E-state index is 10.5. The molecule has 0 aliphatic heterocycles. The van der Waals surface area contributed by atoms with Crippen LogP contribution in [0, 0.1) is 0 Å². The molecule has 2 heteroatoms. The number of rotatable bonds is 10. The van der Waals surface area contributed by atoms with Crippen molar-refractivity contribution in [3.05, 3.63) is 0 Å². The molecule has 19 heavy (non-hydrogen) atoms. The zero-order valence-electron chi connectivity index (χ0n) is 13.1. The minimum atomic E-state index is -0.251. The van der Waals surface area contributed by atoms with E-state index < -0.39 is 0 Å². The second kappa shape index (κ2) is 9.77. The van der Waals surface area contributed by atoms with Gasteiger partial charge in [0.1, 0.15) is 0 Å². The van der Waals surface area contributed by atoms with Crippen LogP contribution in [0.5, 0.6) is 0 Å². The topological polar surface area (TPSA) is 29.5 Å². The molecule has 1 rings (SSSR count). The Morgan fingerprint density at radius 2 is 1.58 bits per heavy atom. The van der Waals surface area contributed by atoms with E-state index in [2.05, 4.69) is 6.92 Å². The van der Waals surface area contributed by atoms with Crippen LogP contribution in [0.15, 0.2) is 0 Å². The van der Waals surface area contributed by atoms with Gasteiger partial charge in [0.05, 0.1) is 11.7 Å². The number of hydrogen-bond acceptors (Lipinski definition) is 2. The third kappa shape index (κ3) is 5.83. The molecule has 1 aliphatic carbocycles. The van der Waals surface area contributed by atoms with E-state index in [1.54, 1.807) is 0 Å². The third-order valence-corrected chi connectivity index (χ3v) is 4.57. The van der Waals surface area contributed by atoms with Crippen molar-refractivity contribution in [3.8, 4) is 0 Å². The lowest BCUT2D eigenvalue weighted by Crippen LogP contribution is -2.46. The monoisotopic (exact) mass is 270 g/mol. The molecule has 1 aliphatic rings. The van der Waals surface area contributed by atoms with Gasteiger partial charge in [-0.2, -0.15) is 0 Å². The molecule has 0 aromatic carbocycles. The summed E-state index contributed by atoms with van der Waals surface area (Å²) in [6.45, 7) is 5.03. The van der Waals surface area contributed by atoms with Crippen LogP contribution in [0.1, 0.15) is 90.9 Å². The van der Waals surface area contributed by atoms with Crippen LogP contribution in [0.4, 0.5) is 0 Å². The number of unbranched alkanes of at least 4 members (excludes halogenated alkanes) is 5. The van der Waals surface area contributed by atoms with Crippen molar-refractivity contribution in [2.24, 2.45) is 0 Å². The van der Waals surface area contributed by atoms with Crippen LogP contribution in [-0.4, -0.2) is 23.4 Å². The highest BCUT2D eigenvalue weighted by Crippen LogP contribution is 2.36. The van der Waals surface area contributed by atoms with Crippen LogP contribution in [0.25, 0.3) is 0 Å². The molecule has 0 bridgehead atoms. The van der Waals surface area contributed by atoms with Crippen molar-refractivity contribution in [2.45, 2.75) is 103 Å². The summed E-state index contributed by atoms with van der Waals surface area (Å²) < 4.78 is 5.98. The number of aliphatic hydroxyl groups is 1. The first-order valence-corrected chi connectivity index (χ1v) is 8.57. The maximum Gasteiger partial charge on any atom is 0.0939 e. The van der Waals surface area contributed by atoms with Crippen LogP contribution in [0.3, 0.4) is 0 Å². The van der Waals surface area contributed by atoms with Gasteiger partial charge >= 0.3 is 0 Å². The molecule has 0 heterocycles. The highest BCUT2D eigenvalue weighted by Gasteiger charge is 2.39. The van der Waals surface area contributed by atoms with Crippen molar-refractivity contribution in [1.29, 1.82) is 0 Å². The Bertz CT molecular complexity index is 204. The molecule has 1 N–H and O–H groups in total. The molecular weight excluding hydrogens is 236 g/mol. The van der Waals surface area contributed by atoms with Crippen LogP contribution in [-0.2, 0) is 4.74 Å². The van der Waals surface area contributed by atoms with E-state index in [1.807, 2.05) is 6.92 Å². The fraction of sp³-hybridized carbons (Fsp3) is 1.00. The molecule has 1 saturated carbocycles. The lowest BCUT2D eigenvalue weighted by atomic mass is 9.79. The third-order valence-electron chi connectivity index (χ3n) is 4.57. The van der Waals surface area contributed by atoms with Crippen molar-refractivity contribution in [2.75, 3.05) is 6.61 Å². The molecule has 0 aromatic heterocycles. The van der Waals surface area contributed by atoms with Gasteiger partial charge in [-0.15, -0.1) is 0 Å². The zero-order valence-corrected chi connectivity index (χ0v) is 13.1. The fourth-order valence-electron chi connectivity index (χ4n) is 3.39. The Balaban J connectivity index is 2.25. The highest BCUT2D eigenvalue weighted by atomic mass is 16.5. The molecule has 0 spiro atoms. The van der Waals surface area contributed by atoms with Crippen molar-refractivity contribution in [1.82, 2.24) is 0 Å². The van der Waals surface area contributed by atoms with E-state index >= 15 is 0 Å². The molecule has 1 atom stereocenters. The Labute approximate surface area is 119 Å². The highest BCUT2D eigenvalue weighted by molar-refractivity contribution is 4.91. The van der Waals surface area contributed by atoms with Crippen molar-refractivity contribution < 1.29 is 9.84 Å². The van der Waals surface area contributed by atoms with E-state index in [0.29, 0.717) is 0 Å². The zero-order chi connectivity index (χ0) is 14.0. The number of hydrogen-bond donors (Lipinski definition) is 1. The number of ether oxygens (including phenoxy) is 1. The van der Waals surface area contributed by atoms with E-state index in [1.165, 1.54) is 51.4 Å². The minimum absolute atomic E-state index is 0.212. The first kappa shape index (κ1) is 17.0. The summed E-state index contributed by atoms with van der Waals surface area (Å²) >= 11 is 0. The molecule has 0 radical (unpaired) electrons. The van der Waals surface area contributed by atoms with Crippen LogP contribution in [0.2, 0.25) is 0 Å². The van der Waals surface area contributed by atoms with Crippen molar-refractivity contribution >= 4 is 0 Å². The summed E-state index contributed by atoms with van der Waals surface area (Å²) in [5.74, 6) is 0. The summed E-state index contributed by atoms with van der Waals surface area (Å²) in [7, 11) is 0. The SMILES string of the molecule is CCCCCCCCC(O)C1(OCC)CCCCC1. The number of aliphatic hydroxyl groups excluding tert-OH is 1. The summed E-state index contributed by atoms with van der Waals surface area (Å²) in [4.78, 5) is 0. The predicted octanol–water partition coefficient (Wildman–Crippen LogP) is 4.84. The summed E-state index contributed by atoms with van der Waals surface area (Å²) in [5.41, 5.74) is -0.212. The van der Waals surface area contributed by atoms with E-state index in [4.69, 9.17) is 4.74 Å². The lowest BCUT2D eigenvalue weighted by molar-refractivity contribution is -0.141. The molecule has 0 saturated heterocycles. The molecule has 1 fully saturated rings. The minimum Gasteiger partial charge on any atom is -0.390 e. The quantitative estimate of drug-likeness (QED) is 0.576. The van der Waals surface area contributed by atoms with Gasteiger partial charge in [0.25, 0.3) is 0 Å². The smallest absolute Gasteiger partial charge is 0.0939 e. The standard InChI is InChI=1S/C17H34O2/c1-3-5-6-7-8-10-13-16(18)17(19-4-2)14-11-9-12-15-17/h16,18H,3-15H2,1-2H3. The molecule has 1 unspecified atom stereocenters. The lowest BCUT2D eigenvalue weighted by Gasteiger charge is -2.41. The molecule has 0 amide bonds. The van der Waals surface area contributed by atoms with Gasteiger partial charge in [-0.3, -0.25) is 0 Å². The average molecular weight is 270 g/mol. The summed E-state index contributed by atoms with van der Waals surface area (Å²) in [6.07, 6.45) is 14.3. The molecule has 2 nitrogen and oxygen atoms in total. The summed E-state index contributed by atoms with van der Waals surface area (Å²) in [5, 5.41) is 10.5. The Kier molecular flexibility index (Phi) is 8.72. The Hall–Kier alpha value is -0.0800. The normalized spacial score (nSPS) is 20.4. The van der Waals surface area contributed by atoms with Crippen LogP contribution >= 0.6 is 0 Å². The van der Waals surface area contributed by atoms with E-state index in [0.717, 1.165) is 32.3 Å². The first-order valence-electron chi connectivity index (χ1n) is 8.57. The van der Waals surface area contributed by atoms with Gasteiger partial charge in [0.15, 0.2) is 0 Å². The van der Waals surface area contributed by atoms with Gasteiger partial charge < -0.3 is 9.84 Å². The van der Waals surface area contributed by atoms with E-state index in [9.17, 15) is 5.11 Å². The van der Waals surface area contributed by atoms with Gasteiger partial charge in [0, 0.05) is 6.61 Å². The van der Waals surface area contributed by atoms with Gasteiger partial charge in [-0.25, -0.2) is 0 Å². The summed E-state index contributed by atoms with van der Waals surface area (Å²) in [6, 6.07) is 0. The largest absolute Gasteiger partial charge is 0.390 e. The predicted molar refractivity (Wildman–Crippen MR) is 81.4 cm³/mol. The van der Waals surface area contributed by atoms with Crippen molar-refractivity contribution in [3.63, 3.8) is 0 Å². The van der Waals surface area contributed by atoms with Gasteiger partial charge in [-0.05, 0) is 26.2 Å². The molecule has 0 aromatic rings. The van der Waals surface area contributed by atoms with Crippen LogP contribution < -0.4 is 0 Å². The molecular formula is C17H34O2. The first-order chi connectivity index (χ1) is 9.25. The van der Waals surface area contributed by atoms with E-state index in [-0.39, 0.29) is 11.7 Å². The fourth-order valence-corrected chi connectivity index (χ4v) is 3.39. The Morgan fingerprint density at radius 3 is 2.21 bits per heavy atom. The Morgan fingerprint density at radius 1 is 0.947 bits per heavy atom. The second-order valence-corrected chi connectivity index (χ2v) is 6.13. The van der Waals surface area contributed by atoms with Gasteiger partial charge in [0.2, 0.25) is 0 Å². The molecule has 114 valence electrons. The van der Waals surface area contributed by atoms with Gasteiger partial charge in [-0.1, -0.05) is 64.7 Å². The average Bonchev–Trinajstić information content (AvgIpc) is 2.44.